The molecule has 1 aromatic heterocycles. The van der Waals surface area contributed by atoms with Crippen LogP contribution in [0.4, 0.5) is 5.69 Å². The van der Waals surface area contributed by atoms with E-state index in [1.54, 1.807) is 24.3 Å². The first-order valence-corrected chi connectivity index (χ1v) is 9.96. The first-order chi connectivity index (χ1) is 12.0. The van der Waals surface area contributed by atoms with Crippen molar-refractivity contribution >= 4 is 15.7 Å². The summed E-state index contributed by atoms with van der Waals surface area (Å²) in [6.07, 6.45) is 2.31. The normalized spacial score (nSPS) is 19.3. The van der Waals surface area contributed by atoms with Crippen LogP contribution in [0, 0.1) is 0 Å². The molecule has 2 N–H and O–H groups in total. The van der Waals surface area contributed by atoms with Gasteiger partial charge < -0.3 is 9.32 Å². The van der Waals surface area contributed by atoms with Gasteiger partial charge in [0, 0.05) is 37.8 Å². The van der Waals surface area contributed by atoms with Crippen LogP contribution >= 0.6 is 0 Å². The second kappa shape index (κ2) is 6.40. The zero-order chi connectivity index (χ0) is 17.4. The molecule has 1 aliphatic heterocycles. The Labute approximate surface area is 146 Å². The molecule has 2 aliphatic rings. The SMILES string of the molecule is NS(=O)(=O)c1ccc(N2CCN(Cc3nnc(C4CC4)o3)CC2)cc1. The van der Waals surface area contributed by atoms with Crippen molar-refractivity contribution < 1.29 is 12.8 Å². The maximum atomic E-state index is 11.3. The molecule has 4 rings (SSSR count). The number of piperazine rings is 1. The van der Waals surface area contributed by atoms with Gasteiger partial charge in [-0.05, 0) is 37.1 Å². The van der Waals surface area contributed by atoms with E-state index in [1.807, 2.05) is 0 Å². The van der Waals surface area contributed by atoms with E-state index in [0.29, 0.717) is 18.4 Å². The fourth-order valence-corrected chi connectivity index (χ4v) is 3.54. The lowest BCUT2D eigenvalue weighted by Crippen LogP contribution is -2.46. The smallest absolute Gasteiger partial charge is 0.238 e. The minimum absolute atomic E-state index is 0.137. The van der Waals surface area contributed by atoms with Crippen LogP contribution in [-0.2, 0) is 16.6 Å². The minimum atomic E-state index is -3.64. The Hall–Kier alpha value is -1.97. The largest absolute Gasteiger partial charge is 0.424 e. The van der Waals surface area contributed by atoms with Gasteiger partial charge in [0.15, 0.2) is 0 Å². The van der Waals surface area contributed by atoms with Crippen LogP contribution in [-0.4, -0.2) is 49.7 Å². The molecule has 9 heteroatoms. The summed E-state index contributed by atoms with van der Waals surface area (Å²) in [6, 6.07) is 6.70. The van der Waals surface area contributed by atoms with Crippen LogP contribution in [0.25, 0.3) is 0 Å². The van der Waals surface area contributed by atoms with Gasteiger partial charge in [0.25, 0.3) is 0 Å². The van der Waals surface area contributed by atoms with Gasteiger partial charge in [-0.3, -0.25) is 4.90 Å². The standard InChI is InChI=1S/C16H21N5O3S/c17-25(22,23)14-5-3-13(4-6-14)21-9-7-20(8-10-21)11-15-18-19-16(24-15)12-1-2-12/h3-6,12H,1-2,7-11H2,(H2,17,22,23). The molecule has 0 atom stereocenters. The van der Waals surface area contributed by atoms with E-state index in [-0.39, 0.29) is 4.90 Å². The summed E-state index contributed by atoms with van der Waals surface area (Å²) in [5.74, 6) is 1.95. The van der Waals surface area contributed by atoms with Crippen molar-refractivity contribution in [3.05, 3.63) is 36.0 Å². The van der Waals surface area contributed by atoms with Crippen LogP contribution in [0.2, 0.25) is 0 Å². The molecule has 0 spiro atoms. The molecule has 0 unspecified atom stereocenters. The number of rotatable bonds is 5. The first-order valence-electron chi connectivity index (χ1n) is 8.41. The lowest BCUT2D eigenvalue weighted by atomic mass is 10.2. The fraction of sp³-hybridized carbons (Fsp3) is 0.500. The van der Waals surface area contributed by atoms with Crippen LogP contribution in [0.5, 0.6) is 0 Å². The van der Waals surface area contributed by atoms with Crippen LogP contribution in [0.1, 0.15) is 30.5 Å². The van der Waals surface area contributed by atoms with Crippen molar-refractivity contribution in [2.75, 3.05) is 31.1 Å². The Morgan fingerprint density at radius 3 is 2.36 bits per heavy atom. The highest BCUT2D eigenvalue weighted by Gasteiger charge is 2.29. The van der Waals surface area contributed by atoms with E-state index in [4.69, 9.17) is 9.56 Å². The van der Waals surface area contributed by atoms with E-state index < -0.39 is 10.0 Å². The van der Waals surface area contributed by atoms with Gasteiger partial charge in [0.1, 0.15) is 0 Å². The lowest BCUT2D eigenvalue weighted by molar-refractivity contribution is 0.224. The molecule has 134 valence electrons. The van der Waals surface area contributed by atoms with Crippen LogP contribution in [0.3, 0.4) is 0 Å². The Bertz CT molecular complexity index is 837. The molecule has 1 saturated carbocycles. The maximum absolute atomic E-state index is 11.3. The van der Waals surface area contributed by atoms with Gasteiger partial charge in [0.05, 0.1) is 11.4 Å². The number of aromatic nitrogens is 2. The Morgan fingerprint density at radius 1 is 1.08 bits per heavy atom. The summed E-state index contributed by atoms with van der Waals surface area (Å²) >= 11 is 0. The number of hydrogen-bond donors (Lipinski definition) is 1. The van der Waals surface area contributed by atoms with Gasteiger partial charge in [-0.15, -0.1) is 10.2 Å². The number of benzene rings is 1. The van der Waals surface area contributed by atoms with Gasteiger partial charge in [0.2, 0.25) is 21.8 Å². The molecular formula is C16H21N5O3S. The summed E-state index contributed by atoms with van der Waals surface area (Å²) in [5, 5.41) is 13.4. The lowest BCUT2D eigenvalue weighted by Gasteiger charge is -2.35. The highest BCUT2D eigenvalue weighted by Crippen LogP contribution is 2.39. The number of hydrogen-bond acceptors (Lipinski definition) is 7. The Kier molecular flexibility index (Phi) is 4.22. The average Bonchev–Trinajstić information content (AvgIpc) is 3.35. The van der Waals surface area contributed by atoms with E-state index in [9.17, 15) is 8.42 Å². The van der Waals surface area contributed by atoms with Crippen LogP contribution < -0.4 is 10.0 Å². The Balaban J connectivity index is 1.33. The number of anilines is 1. The molecule has 0 bridgehead atoms. The first kappa shape index (κ1) is 16.5. The maximum Gasteiger partial charge on any atom is 0.238 e. The van der Waals surface area contributed by atoms with Crippen molar-refractivity contribution in [2.45, 2.75) is 30.2 Å². The van der Waals surface area contributed by atoms with Crippen molar-refractivity contribution in [1.29, 1.82) is 0 Å². The molecule has 2 fully saturated rings. The monoisotopic (exact) mass is 363 g/mol. The molecule has 2 aromatic rings. The second-order valence-corrected chi connectivity index (χ2v) is 8.17. The van der Waals surface area contributed by atoms with E-state index in [1.165, 1.54) is 0 Å². The molecule has 0 radical (unpaired) electrons. The number of nitrogens with zero attached hydrogens (tertiary/aromatic N) is 4. The molecule has 1 saturated heterocycles. The molecule has 1 aliphatic carbocycles. The van der Waals surface area contributed by atoms with Gasteiger partial charge in [-0.2, -0.15) is 0 Å². The zero-order valence-electron chi connectivity index (χ0n) is 13.8. The number of primary sulfonamides is 1. The number of nitrogens with two attached hydrogens (primary N) is 1. The Morgan fingerprint density at radius 2 is 1.76 bits per heavy atom. The van der Waals surface area contributed by atoms with Crippen molar-refractivity contribution in [3.63, 3.8) is 0 Å². The predicted molar refractivity (Wildman–Crippen MR) is 91.6 cm³/mol. The second-order valence-electron chi connectivity index (χ2n) is 6.61. The van der Waals surface area contributed by atoms with Crippen molar-refractivity contribution in [2.24, 2.45) is 5.14 Å². The highest BCUT2D eigenvalue weighted by molar-refractivity contribution is 7.89. The van der Waals surface area contributed by atoms with Crippen molar-refractivity contribution in [1.82, 2.24) is 15.1 Å². The molecule has 2 heterocycles. The third kappa shape index (κ3) is 3.83. The quantitative estimate of drug-likeness (QED) is 0.842. The summed E-state index contributed by atoms with van der Waals surface area (Å²) in [4.78, 5) is 4.66. The molecule has 25 heavy (non-hydrogen) atoms. The third-order valence-corrected chi connectivity index (χ3v) is 5.60. The average molecular weight is 363 g/mol. The zero-order valence-corrected chi connectivity index (χ0v) is 14.7. The van der Waals surface area contributed by atoms with Crippen LogP contribution in [0.15, 0.2) is 33.6 Å². The summed E-state index contributed by atoms with van der Waals surface area (Å²) in [5.41, 5.74) is 1.00. The van der Waals surface area contributed by atoms with Gasteiger partial charge in [-0.1, -0.05) is 0 Å². The topological polar surface area (TPSA) is 106 Å². The molecule has 1 aromatic carbocycles. The molecular weight excluding hydrogens is 342 g/mol. The fourth-order valence-electron chi connectivity index (χ4n) is 3.03. The number of sulfonamides is 1. The predicted octanol–water partition coefficient (Wildman–Crippen LogP) is 0.917. The van der Waals surface area contributed by atoms with E-state index in [0.717, 1.165) is 50.6 Å². The van der Waals surface area contributed by atoms with E-state index in [2.05, 4.69) is 20.0 Å². The summed E-state index contributed by atoms with van der Waals surface area (Å²) < 4.78 is 28.4. The van der Waals surface area contributed by atoms with E-state index >= 15 is 0 Å². The summed E-state index contributed by atoms with van der Waals surface area (Å²) in [6.45, 7) is 4.17. The third-order valence-electron chi connectivity index (χ3n) is 4.67. The highest BCUT2D eigenvalue weighted by atomic mass is 32.2. The molecule has 8 nitrogen and oxygen atoms in total. The van der Waals surface area contributed by atoms with Gasteiger partial charge in [-0.25, -0.2) is 13.6 Å². The minimum Gasteiger partial charge on any atom is -0.424 e. The van der Waals surface area contributed by atoms with Crippen molar-refractivity contribution in [3.8, 4) is 0 Å². The summed E-state index contributed by atoms with van der Waals surface area (Å²) in [7, 11) is -3.64. The molecule has 0 amide bonds. The van der Waals surface area contributed by atoms with Gasteiger partial charge >= 0.3 is 0 Å².